The van der Waals surface area contributed by atoms with E-state index in [0.29, 0.717) is 12.8 Å². The largest absolute Gasteiger partial charge is 0.399 e. The van der Waals surface area contributed by atoms with Gasteiger partial charge in [-0.2, -0.15) is 0 Å². The molecule has 1 rings (SSSR count). The SMILES string of the molecule is CCCC(C)(O)CNS(=O)(=O)c1cc(N)cc(Cl)c1F. The number of sulfonamides is 1. The zero-order chi connectivity index (χ0) is 15.6. The molecular formula is C12H18ClFN2O3S. The van der Waals surface area contributed by atoms with E-state index in [1.807, 2.05) is 6.92 Å². The minimum Gasteiger partial charge on any atom is -0.399 e. The zero-order valence-corrected chi connectivity index (χ0v) is 12.9. The van der Waals surface area contributed by atoms with Crippen molar-refractivity contribution in [1.29, 1.82) is 0 Å². The van der Waals surface area contributed by atoms with Crippen molar-refractivity contribution in [2.75, 3.05) is 12.3 Å². The number of hydrogen-bond donors (Lipinski definition) is 3. The van der Waals surface area contributed by atoms with Gasteiger partial charge in [0.05, 0.1) is 10.6 Å². The molecule has 8 heteroatoms. The van der Waals surface area contributed by atoms with Gasteiger partial charge in [0.15, 0.2) is 5.82 Å². The standard InChI is InChI=1S/C12H18ClFN2O3S/c1-3-4-12(2,17)7-16-20(18,19)10-6-8(15)5-9(13)11(10)14/h5-6,16-17H,3-4,7,15H2,1-2H3. The molecule has 1 aromatic rings. The van der Waals surface area contributed by atoms with Gasteiger partial charge in [0.2, 0.25) is 10.0 Å². The van der Waals surface area contributed by atoms with Crippen molar-refractivity contribution in [3.63, 3.8) is 0 Å². The predicted molar refractivity (Wildman–Crippen MR) is 76.5 cm³/mol. The van der Waals surface area contributed by atoms with Crippen molar-refractivity contribution in [3.05, 3.63) is 23.0 Å². The number of hydrogen-bond acceptors (Lipinski definition) is 4. The van der Waals surface area contributed by atoms with Crippen molar-refractivity contribution in [2.45, 2.75) is 37.2 Å². The molecule has 0 fully saturated rings. The second-order valence-corrected chi connectivity index (χ2v) is 7.03. The number of nitrogen functional groups attached to an aromatic ring is 1. The first-order valence-corrected chi connectivity index (χ1v) is 7.92. The number of benzene rings is 1. The lowest BCUT2D eigenvalue weighted by Crippen LogP contribution is -2.40. The van der Waals surface area contributed by atoms with Gasteiger partial charge in [-0.15, -0.1) is 0 Å². The fourth-order valence-corrected chi connectivity index (χ4v) is 3.31. The van der Waals surface area contributed by atoms with Gasteiger partial charge >= 0.3 is 0 Å². The fourth-order valence-electron chi connectivity index (χ4n) is 1.73. The average molecular weight is 325 g/mol. The summed E-state index contributed by atoms with van der Waals surface area (Å²) < 4.78 is 40.0. The highest BCUT2D eigenvalue weighted by Gasteiger charge is 2.26. The Kier molecular flexibility index (Phi) is 5.37. The van der Waals surface area contributed by atoms with E-state index in [-0.39, 0.29) is 17.3 Å². The number of halogens is 2. The van der Waals surface area contributed by atoms with E-state index in [1.54, 1.807) is 0 Å². The van der Waals surface area contributed by atoms with Crippen molar-refractivity contribution in [3.8, 4) is 0 Å². The Balaban J connectivity index is 3.01. The summed E-state index contributed by atoms with van der Waals surface area (Å²) in [6.45, 7) is 3.14. The second-order valence-electron chi connectivity index (χ2n) is 4.89. The van der Waals surface area contributed by atoms with Crippen LogP contribution in [0.25, 0.3) is 0 Å². The van der Waals surface area contributed by atoms with Crippen LogP contribution in [0.3, 0.4) is 0 Å². The molecule has 0 radical (unpaired) electrons. The third-order valence-electron chi connectivity index (χ3n) is 2.74. The Morgan fingerprint density at radius 3 is 2.65 bits per heavy atom. The molecule has 114 valence electrons. The predicted octanol–water partition coefficient (Wildman–Crippen LogP) is 1.89. The van der Waals surface area contributed by atoms with Gasteiger partial charge in [-0.25, -0.2) is 17.5 Å². The van der Waals surface area contributed by atoms with E-state index in [4.69, 9.17) is 17.3 Å². The Labute approximate surface area is 123 Å². The maximum absolute atomic E-state index is 13.8. The highest BCUT2D eigenvalue weighted by molar-refractivity contribution is 7.89. The zero-order valence-electron chi connectivity index (χ0n) is 11.3. The lowest BCUT2D eigenvalue weighted by molar-refractivity contribution is 0.0554. The molecule has 1 aromatic carbocycles. The minimum absolute atomic E-state index is 0.0390. The fraction of sp³-hybridized carbons (Fsp3) is 0.500. The molecule has 0 aliphatic carbocycles. The van der Waals surface area contributed by atoms with Crippen molar-refractivity contribution in [2.24, 2.45) is 0 Å². The first-order valence-electron chi connectivity index (χ1n) is 6.05. The van der Waals surface area contributed by atoms with Crippen molar-refractivity contribution >= 4 is 27.3 Å². The molecule has 4 N–H and O–H groups in total. The Bertz CT molecular complexity index is 591. The van der Waals surface area contributed by atoms with Crippen LogP contribution >= 0.6 is 11.6 Å². The molecule has 20 heavy (non-hydrogen) atoms. The normalized spacial score (nSPS) is 15.1. The van der Waals surface area contributed by atoms with Gasteiger partial charge < -0.3 is 10.8 Å². The Morgan fingerprint density at radius 2 is 2.10 bits per heavy atom. The number of rotatable bonds is 6. The number of nitrogens with two attached hydrogens (primary N) is 1. The van der Waals surface area contributed by atoms with Crippen LogP contribution in [0, 0.1) is 5.82 Å². The number of aliphatic hydroxyl groups is 1. The van der Waals surface area contributed by atoms with Crippen molar-refractivity contribution in [1.82, 2.24) is 4.72 Å². The smallest absolute Gasteiger partial charge is 0.243 e. The molecule has 0 saturated heterocycles. The average Bonchev–Trinajstić information content (AvgIpc) is 2.31. The van der Waals surface area contributed by atoms with Gasteiger partial charge in [-0.05, 0) is 25.5 Å². The topological polar surface area (TPSA) is 92.4 Å². The summed E-state index contributed by atoms with van der Waals surface area (Å²) in [7, 11) is -4.14. The summed E-state index contributed by atoms with van der Waals surface area (Å²) in [4.78, 5) is -0.630. The van der Waals surface area contributed by atoms with Crippen LogP contribution in [0.15, 0.2) is 17.0 Å². The highest BCUT2D eigenvalue weighted by atomic mass is 35.5. The van der Waals surface area contributed by atoms with Crippen molar-refractivity contribution < 1.29 is 17.9 Å². The van der Waals surface area contributed by atoms with Gasteiger partial charge in [0, 0.05) is 12.2 Å². The minimum atomic E-state index is -4.14. The molecule has 0 aliphatic rings. The van der Waals surface area contributed by atoms with Crippen LogP contribution in [-0.2, 0) is 10.0 Å². The van der Waals surface area contributed by atoms with Gasteiger partial charge in [0.25, 0.3) is 0 Å². The van der Waals surface area contributed by atoms with E-state index in [9.17, 15) is 17.9 Å². The molecule has 1 unspecified atom stereocenters. The van der Waals surface area contributed by atoms with Crippen LogP contribution in [-0.4, -0.2) is 25.7 Å². The molecule has 0 bridgehead atoms. The molecule has 0 aromatic heterocycles. The highest BCUT2D eigenvalue weighted by Crippen LogP contribution is 2.25. The molecule has 5 nitrogen and oxygen atoms in total. The number of nitrogens with one attached hydrogen (secondary N) is 1. The summed E-state index contributed by atoms with van der Waals surface area (Å²) in [6, 6.07) is 2.11. The Morgan fingerprint density at radius 1 is 1.50 bits per heavy atom. The first-order chi connectivity index (χ1) is 9.09. The second kappa shape index (κ2) is 6.26. The summed E-state index contributed by atoms with van der Waals surface area (Å²) in [5, 5.41) is 9.56. The van der Waals surface area contributed by atoms with Crippen LogP contribution < -0.4 is 10.5 Å². The summed E-state index contributed by atoms with van der Waals surface area (Å²) in [5.41, 5.74) is 4.29. The van der Waals surface area contributed by atoms with E-state index in [1.165, 1.54) is 6.92 Å². The van der Waals surface area contributed by atoms with E-state index in [2.05, 4.69) is 4.72 Å². The van der Waals surface area contributed by atoms with E-state index in [0.717, 1.165) is 12.1 Å². The molecule has 0 spiro atoms. The van der Waals surface area contributed by atoms with Gasteiger partial charge in [-0.3, -0.25) is 0 Å². The van der Waals surface area contributed by atoms with E-state index < -0.39 is 26.3 Å². The summed E-state index contributed by atoms with van der Waals surface area (Å²) in [5.74, 6) is -1.07. The first kappa shape index (κ1) is 17.2. The van der Waals surface area contributed by atoms with E-state index >= 15 is 0 Å². The molecule has 0 aliphatic heterocycles. The lowest BCUT2D eigenvalue weighted by Gasteiger charge is -2.23. The molecule has 1 atom stereocenters. The lowest BCUT2D eigenvalue weighted by atomic mass is 10.0. The van der Waals surface area contributed by atoms with Crippen LogP contribution in [0.2, 0.25) is 5.02 Å². The summed E-state index contributed by atoms with van der Waals surface area (Å²) in [6.07, 6.45) is 1.10. The molecule has 0 amide bonds. The maximum atomic E-state index is 13.8. The molecular weight excluding hydrogens is 307 g/mol. The summed E-state index contributed by atoms with van der Waals surface area (Å²) >= 11 is 5.57. The van der Waals surface area contributed by atoms with Crippen LogP contribution in [0.5, 0.6) is 0 Å². The quantitative estimate of drug-likeness (QED) is 0.697. The van der Waals surface area contributed by atoms with Gasteiger partial charge in [0.1, 0.15) is 4.90 Å². The maximum Gasteiger partial charge on any atom is 0.243 e. The third-order valence-corrected chi connectivity index (χ3v) is 4.41. The van der Waals surface area contributed by atoms with Crippen LogP contribution in [0.1, 0.15) is 26.7 Å². The van der Waals surface area contributed by atoms with Gasteiger partial charge in [-0.1, -0.05) is 24.9 Å². The number of anilines is 1. The molecule has 0 saturated carbocycles. The van der Waals surface area contributed by atoms with Crippen LogP contribution in [0.4, 0.5) is 10.1 Å². The Hall–Kier alpha value is -0.890. The molecule has 0 heterocycles. The third kappa shape index (κ3) is 4.31. The monoisotopic (exact) mass is 324 g/mol.